The fraction of sp³-hybridized carbons (Fsp3) is 0.556. The van der Waals surface area contributed by atoms with Gasteiger partial charge in [0.25, 0.3) is 5.91 Å². The quantitative estimate of drug-likeness (QED) is 0.602. The van der Waals surface area contributed by atoms with Gasteiger partial charge in [-0.25, -0.2) is 0 Å². The predicted molar refractivity (Wildman–Crippen MR) is 101 cm³/mol. The summed E-state index contributed by atoms with van der Waals surface area (Å²) in [4.78, 5) is 15.2. The topological polar surface area (TPSA) is 34.5 Å². The van der Waals surface area contributed by atoms with E-state index in [0.717, 1.165) is 29.9 Å². The van der Waals surface area contributed by atoms with Gasteiger partial charge in [-0.2, -0.15) is 0 Å². The minimum Gasteiger partial charge on any atom is -0.376 e. The van der Waals surface area contributed by atoms with E-state index in [4.69, 9.17) is 17.0 Å². The van der Waals surface area contributed by atoms with Crippen molar-refractivity contribution < 1.29 is 9.53 Å². The van der Waals surface area contributed by atoms with Gasteiger partial charge in [0.2, 0.25) is 0 Å². The van der Waals surface area contributed by atoms with Gasteiger partial charge < -0.3 is 9.30 Å². The molecule has 3 heterocycles. The van der Waals surface area contributed by atoms with Crippen molar-refractivity contribution in [2.45, 2.75) is 51.7 Å². The lowest BCUT2D eigenvalue weighted by atomic mass is 10.2. The fourth-order valence-corrected chi connectivity index (χ4v) is 4.90. The summed E-state index contributed by atoms with van der Waals surface area (Å²) in [5.74, 6) is 0.0247. The summed E-state index contributed by atoms with van der Waals surface area (Å²) in [5, 5.41) is 0. The van der Waals surface area contributed by atoms with Crippen LogP contribution in [0.3, 0.4) is 0 Å². The number of hydrogen-bond donors (Lipinski definition) is 0. The molecule has 1 atom stereocenters. The highest BCUT2D eigenvalue weighted by molar-refractivity contribution is 8.26. The molecule has 2 saturated heterocycles. The number of hydrogen-bond acceptors (Lipinski definition) is 4. The van der Waals surface area contributed by atoms with E-state index in [2.05, 4.69) is 24.5 Å². The Morgan fingerprint density at radius 1 is 1.38 bits per heavy atom. The highest BCUT2D eigenvalue weighted by atomic mass is 32.2. The molecular formula is C18H22N2O2S2. The van der Waals surface area contributed by atoms with E-state index in [9.17, 15) is 4.79 Å². The molecule has 0 spiro atoms. The minimum atomic E-state index is 0.0247. The Balaban J connectivity index is 1.56. The van der Waals surface area contributed by atoms with Gasteiger partial charge in [-0.15, -0.1) is 0 Å². The number of nitrogens with zero attached hydrogens (tertiary/aromatic N) is 2. The van der Waals surface area contributed by atoms with Crippen LogP contribution < -0.4 is 0 Å². The Labute approximate surface area is 152 Å². The third kappa shape index (κ3) is 2.95. The van der Waals surface area contributed by atoms with Crippen LogP contribution in [0.25, 0.3) is 6.08 Å². The summed E-state index contributed by atoms with van der Waals surface area (Å²) in [5.41, 5.74) is 3.66. The molecule has 2 aliphatic heterocycles. The molecule has 1 unspecified atom stereocenters. The molecule has 128 valence electrons. The van der Waals surface area contributed by atoms with Crippen molar-refractivity contribution in [1.82, 2.24) is 9.47 Å². The molecule has 4 rings (SSSR count). The summed E-state index contributed by atoms with van der Waals surface area (Å²) in [7, 11) is 0. The van der Waals surface area contributed by atoms with Crippen LogP contribution in [0.4, 0.5) is 0 Å². The maximum Gasteiger partial charge on any atom is 0.266 e. The molecule has 1 amide bonds. The van der Waals surface area contributed by atoms with E-state index in [0.29, 0.717) is 16.9 Å². The van der Waals surface area contributed by atoms with Crippen LogP contribution in [0.2, 0.25) is 0 Å². The number of aromatic nitrogens is 1. The van der Waals surface area contributed by atoms with Gasteiger partial charge in [0.1, 0.15) is 4.32 Å². The molecule has 1 saturated carbocycles. The number of rotatable bonds is 4. The maximum absolute atomic E-state index is 12.7. The lowest BCUT2D eigenvalue weighted by Gasteiger charge is -2.18. The molecule has 0 radical (unpaired) electrons. The molecule has 0 N–H and O–H groups in total. The molecule has 3 fully saturated rings. The fourth-order valence-electron chi connectivity index (χ4n) is 3.63. The van der Waals surface area contributed by atoms with Gasteiger partial charge in [-0.05, 0) is 57.2 Å². The van der Waals surface area contributed by atoms with Crippen LogP contribution in [-0.4, -0.2) is 39.0 Å². The van der Waals surface area contributed by atoms with Crippen LogP contribution in [0.15, 0.2) is 11.0 Å². The SMILES string of the molecule is Cc1cc(C=C2SC(=S)N(CC3CCCO3)C2=O)c(C)n1C1CC1. The number of carbonyl (C=O) groups is 1. The van der Waals surface area contributed by atoms with Crippen molar-refractivity contribution in [3.05, 3.63) is 27.9 Å². The van der Waals surface area contributed by atoms with Gasteiger partial charge >= 0.3 is 0 Å². The first-order valence-electron chi connectivity index (χ1n) is 8.60. The number of thiocarbonyl (C=S) groups is 1. The van der Waals surface area contributed by atoms with Crippen molar-refractivity contribution in [2.75, 3.05) is 13.2 Å². The number of carbonyl (C=O) groups excluding carboxylic acids is 1. The lowest BCUT2D eigenvalue weighted by molar-refractivity contribution is -0.123. The standard InChI is InChI=1S/C18H22N2O2S2/c1-11-8-13(12(2)20(11)14-5-6-14)9-16-17(21)19(18(23)24-16)10-15-4-3-7-22-15/h8-9,14-15H,3-7,10H2,1-2H3. The highest BCUT2D eigenvalue weighted by Crippen LogP contribution is 2.40. The van der Waals surface area contributed by atoms with Crippen LogP contribution >= 0.6 is 24.0 Å². The molecule has 24 heavy (non-hydrogen) atoms. The average molecular weight is 363 g/mol. The Kier molecular flexibility index (Phi) is 4.31. The Morgan fingerprint density at radius 3 is 2.83 bits per heavy atom. The molecule has 4 nitrogen and oxygen atoms in total. The second-order valence-electron chi connectivity index (χ2n) is 6.85. The van der Waals surface area contributed by atoms with E-state index in [-0.39, 0.29) is 12.0 Å². The predicted octanol–water partition coefficient (Wildman–Crippen LogP) is 3.82. The summed E-state index contributed by atoms with van der Waals surface area (Å²) in [6, 6.07) is 2.83. The molecular weight excluding hydrogens is 340 g/mol. The van der Waals surface area contributed by atoms with Crippen LogP contribution in [0.5, 0.6) is 0 Å². The number of aryl methyl sites for hydroxylation is 1. The Hall–Kier alpha value is -1.11. The molecule has 1 aromatic heterocycles. The Morgan fingerprint density at radius 2 is 2.17 bits per heavy atom. The van der Waals surface area contributed by atoms with Gasteiger partial charge in [-0.3, -0.25) is 9.69 Å². The first-order chi connectivity index (χ1) is 11.5. The molecule has 1 aliphatic carbocycles. The van der Waals surface area contributed by atoms with Crippen LogP contribution in [0, 0.1) is 13.8 Å². The van der Waals surface area contributed by atoms with Crippen LogP contribution in [-0.2, 0) is 9.53 Å². The van der Waals surface area contributed by atoms with Crippen molar-refractivity contribution in [3.63, 3.8) is 0 Å². The second-order valence-corrected chi connectivity index (χ2v) is 8.53. The maximum atomic E-state index is 12.7. The highest BCUT2D eigenvalue weighted by Gasteiger charge is 2.35. The number of ether oxygens (including phenoxy) is 1. The van der Waals surface area contributed by atoms with E-state index < -0.39 is 0 Å². The molecule has 1 aromatic rings. The number of amides is 1. The summed E-state index contributed by atoms with van der Waals surface area (Å²) in [6.07, 6.45) is 6.75. The van der Waals surface area contributed by atoms with Crippen molar-refractivity contribution >= 4 is 40.3 Å². The minimum absolute atomic E-state index is 0.0247. The molecule has 0 bridgehead atoms. The zero-order valence-electron chi connectivity index (χ0n) is 14.1. The largest absolute Gasteiger partial charge is 0.376 e. The summed E-state index contributed by atoms with van der Waals surface area (Å²) < 4.78 is 8.70. The van der Waals surface area contributed by atoms with E-state index in [1.807, 2.05) is 6.08 Å². The first kappa shape index (κ1) is 16.4. The zero-order valence-corrected chi connectivity index (χ0v) is 15.7. The number of thioether (sulfide) groups is 1. The van der Waals surface area contributed by atoms with E-state index in [1.54, 1.807) is 4.90 Å². The third-order valence-electron chi connectivity index (χ3n) is 5.01. The Bertz CT molecular complexity index is 728. The normalized spacial score (nSPS) is 26.2. The van der Waals surface area contributed by atoms with Gasteiger partial charge in [-0.1, -0.05) is 24.0 Å². The van der Waals surface area contributed by atoms with Gasteiger partial charge in [0, 0.05) is 24.0 Å². The summed E-state index contributed by atoms with van der Waals surface area (Å²) >= 11 is 6.84. The third-order valence-corrected chi connectivity index (χ3v) is 6.38. The van der Waals surface area contributed by atoms with Crippen molar-refractivity contribution in [3.8, 4) is 0 Å². The lowest BCUT2D eigenvalue weighted by Crippen LogP contribution is -2.35. The van der Waals surface area contributed by atoms with E-state index >= 15 is 0 Å². The van der Waals surface area contributed by atoms with Crippen molar-refractivity contribution in [1.29, 1.82) is 0 Å². The molecule has 3 aliphatic rings. The van der Waals surface area contributed by atoms with Crippen LogP contribution in [0.1, 0.15) is 48.7 Å². The van der Waals surface area contributed by atoms with E-state index in [1.165, 1.54) is 36.0 Å². The second kappa shape index (κ2) is 6.32. The first-order valence-corrected chi connectivity index (χ1v) is 9.82. The summed E-state index contributed by atoms with van der Waals surface area (Å²) in [6.45, 7) is 5.67. The molecule has 0 aromatic carbocycles. The average Bonchev–Trinajstić information content (AvgIpc) is 3.06. The smallest absolute Gasteiger partial charge is 0.266 e. The monoisotopic (exact) mass is 362 g/mol. The van der Waals surface area contributed by atoms with Gasteiger partial charge in [0.15, 0.2) is 0 Å². The van der Waals surface area contributed by atoms with Crippen molar-refractivity contribution in [2.24, 2.45) is 0 Å². The van der Waals surface area contributed by atoms with Gasteiger partial charge in [0.05, 0.1) is 17.6 Å². The molecule has 6 heteroatoms. The zero-order chi connectivity index (χ0) is 16.8.